The lowest BCUT2D eigenvalue weighted by molar-refractivity contribution is 0.102. The topological polar surface area (TPSA) is 66.5 Å². The Morgan fingerprint density at radius 2 is 1.67 bits per heavy atom. The number of carbonyl (C=O) groups excluding carboxylic acids is 1. The van der Waals surface area contributed by atoms with Gasteiger partial charge in [0.25, 0.3) is 15.9 Å². The van der Waals surface area contributed by atoms with Gasteiger partial charge in [0.05, 0.1) is 10.6 Å². The molecule has 0 saturated carbocycles. The number of nitrogens with one attached hydrogen (secondary N) is 1. The number of sulfonamides is 1. The first kappa shape index (κ1) is 20.2. The molecular weight excluding hydrogens is 396 g/mol. The first-order chi connectivity index (χ1) is 14.4. The van der Waals surface area contributed by atoms with E-state index in [0.29, 0.717) is 17.8 Å². The molecule has 0 fully saturated rings. The van der Waals surface area contributed by atoms with Gasteiger partial charge in [0.2, 0.25) is 0 Å². The average molecular weight is 421 g/mol. The van der Waals surface area contributed by atoms with Crippen molar-refractivity contribution in [3.05, 3.63) is 89.0 Å². The van der Waals surface area contributed by atoms with Gasteiger partial charge in [0, 0.05) is 17.8 Å². The molecule has 0 bridgehead atoms. The maximum atomic E-state index is 13.2. The zero-order valence-corrected chi connectivity index (χ0v) is 17.9. The molecule has 3 aromatic carbocycles. The molecule has 154 valence electrons. The van der Waals surface area contributed by atoms with Crippen LogP contribution in [0.1, 0.15) is 33.5 Å². The second kappa shape index (κ2) is 7.95. The number of nitrogens with zero attached hydrogens (tertiary/aromatic N) is 1. The maximum Gasteiger partial charge on any atom is 0.264 e. The van der Waals surface area contributed by atoms with Gasteiger partial charge in [-0.25, -0.2) is 8.42 Å². The normalized spacial score (nSPS) is 13.6. The number of aryl methyl sites for hydroxylation is 3. The lowest BCUT2D eigenvalue weighted by Crippen LogP contribution is -2.35. The van der Waals surface area contributed by atoms with E-state index in [0.717, 1.165) is 35.2 Å². The first-order valence-corrected chi connectivity index (χ1v) is 11.4. The summed E-state index contributed by atoms with van der Waals surface area (Å²) < 4.78 is 27.9. The van der Waals surface area contributed by atoms with Gasteiger partial charge in [-0.15, -0.1) is 0 Å². The summed E-state index contributed by atoms with van der Waals surface area (Å²) >= 11 is 0. The fraction of sp³-hybridized carbons (Fsp3) is 0.208. The van der Waals surface area contributed by atoms with Crippen LogP contribution in [-0.4, -0.2) is 20.9 Å². The van der Waals surface area contributed by atoms with E-state index in [2.05, 4.69) is 5.32 Å². The molecule has 0 aliphatic carbocycles. The third-order valence-electron chi connectivity index (χ3n) is 5.54. The zero-order chi connectivity index (χ0) is 21.3. The Hall–Kier alpha value is -3.12. The third kappa shape index (κ3) is 3.83. The van der Waals surface area contributed by atoms with E-state index in [1.807, 2.05) is 50.2 Å². The van der Waals surface area contributed by atoms with E-state index >= 15 is 0 Å². The number of carbonyl (C=O) groups is 1. The van der Waals surface area contributed by atoms with Gasteiger partial charge in [-0.2, -0.15) is 0 Å². The standard InChI is InChI=1S/C24H24N2O3S/c1-17-9-10-20(16-18(17)2)24(27)25-21-11-13-22(14-12-21)30(28,29)26-15-5-7-19-6-3-4-8-23(19)26/h3-4,6,8-14,16H,5,7,15H2,1-2H3,(H,25,27). The van der Waals surface area contributed by atoms with Crippen molar-refractivity contribution in [1.82, 2.24) is 0 Å². The summed E-state index contributed by atoms with van der Waals surface area (Å²) in [5, 5.41) is 2.83. The van der Waals surface area contributed by atoms with E-state index in [1.165, 1.54) is 4.31 Å². The molecule has 6 heteroatoms. The van der Waals surface area contributed by atoms with Crippen molar-refractivity contribution in [2.45, 2.75) is 31.6 Å². The number of para-hydroxylation sites is 1. The smallest absolute Gasteiger partial charge is 0.264 e. The van der Waals surface area contributed by atoms with Gasteiger partial charge in [-0.1, -0.05) is 24.3 Å². The highest BCUT2D eigenvalue weighted by Crippen LogP contribution is 2.32. The van der Waals surface area contributed by atoms with E-state index in [-0.39, 0.29) is 10.8 Å². The fourth-order valence-electron chi connectivity index (χ4n) is 3.67. The molecule has 30 heavy (non-hydrogen) atoms. The fourth-order valence-corrected chi connectivity index (χ4v) is 5.21. The number of hydrogen-bond acceptors (Lipinski definition) is 3. The van der Waals surface area contributed by atoms with Crippen LogP contribution in [-0.2, 0) is 16.4 Å². The van der Waals surface area contributed by atoms with E-state index in [1.54, 1.807) is 30.3 Å². The zero-order valence-electron chi connectivity index (χ0n) is 17.1. The Morgan fingerprint density at radius 1 is 0.933 bits per heavy atom. The Kier molecular flexibility index (Phi) is 5.35. The highest BCUT2D eigenvalue weighted by molar-refractivity contribution is 7.92. The molecular formula is C24H24N2O3S. The molecule has 4 rings (SSSR count). The Morgan fingerprint density at radius 3 is 2.40 bits per heavy atom. The number of fused-ring (bicyclic) bond motifs is 1. The lowest BCUT2D eigenvalue weighted by atomic mass is 10.0. The van der Waals surface area contributed by atoms with Gasteiger partial charge in [-0.3, -0.25) is 9.10 Å². The SMILES string of the molecule is Cc1ccc(C(=O)Nc2ccc(S(=O)(=O)N3CCCc4ccccc43)cc2)cc1C. The number of anilines is 2. The number of benzene rings is 3. The average Bonchev–Trinajstić information content (AvgIpc) is 2.75. The minimum absolute atomic E-state index is 0.211. The monoisotopic (exact) mass is 420 g/mol. The van der Waals surface area contributed by atoms with Crippen LogP contribution in [0.15, 0.2) is 71.6 Å². The summed E-state index contributed by atoms with van der Waals surface area (Å²) in [5.41, 5.74) is 5.09. The highest BCUT2D eigenvalue weighted by Gasteiger charge is 2.28. The number of rotatable bonds is 4. The van der Waals surface area contributed by atoms with Crippen molar-refractivity contribution >= 4 is 27.3 Å². The molecule has 0 radical (unpaired) electrons. The quantitative estimate of drug-likeness (QED) is 0.665. The summed E-state index contributed by atoms with van der Waals surface area (Å²) in [6.07, 6.45) is 1.67. The van der Waals surface area contributed by atoms with Crippen LogP contribution < -0.4 is 9.62 Å². The Bertz CT molecular complexity index is 1200. The van der Waals surface area contributed by atoms with Crippen molar-refractivity contribution in [2.24, 2.45) is 0 Å². The summed E-state index contributed by atoms with van der Waals surface area (Å²) in [4.78, 5) is 12.7. The second-order valence-electron chi connectivity index (χ2n) is 7.59. The van der Waals surface area contributed by atoms with Crippen molar-refractivity contribution in [3.63, 3.8) is 0 Å². The van der Waals surface area contributed by atoms with Crippen LogP contribution in [0.4, 0.5) is 11.4 Å². The summed E-state index contributed by atoms with van der Waals surface area (Å²) in [6.45, 7) is 4.42. The van der Waals surface area contributed by atoms with Crippen LogP contribution in [0.2, 0.25) is 0 Å². The minimum atomic E-state index is -3.66. The molecule has 0 aromatic heterocycles. The van der Waals surface area contributed by atoms with Crippen molar-refractivity contribution in [2.75, 3.05) is 16.2 Å². The van der Waals surface area contributed by atoms with Crippen molar-refractivity contribution in [3.8, 4) is 0 Å². The molecule has 0 atom stereocenters. The van der Waals surface area contributed by atoms with Crippen LogP contribution in [0.5, 0.6) is 0 Å². The summed E-state index contributed by atoms with van der Waals surface area (Å²) in [5.74, 6) is -0.223. The Labute approximate surface area is 177 Å². The predicted molar refractivity (Wildman–Crippen MR) is 120 cm³/mol. The maximum absolute atomic E-state index is 13.2. The van der Waals surface area contributed by atoms with Crippen LogP contribution in [0.3, 0.4) is 0 Å². The van der Waals surface area contributed by atoms with Gasteiger partial charge < -0.3 is 5.32 Å². The third-order valence-corrected chi connectivity index (χ3v) is 7.36. The lowest BCUT2D eigenvalue weighted by Gasteiger charge is -2.30. The van der Waals surface area contributed by atoms with E-state index in [9.17, 15) is 13.2 Å². The van der Waals surface area contributed by atoms with Crippen LogP contribution >= 0.6 is 0 Å². The second-order valence-corrected chi connectivity index (χ2v) is 9.45. The first-order valence-electron chi connectivity index (χ1n) is 9.95. The number of hydrogen-bond donors (Lipinski definition) is 1. The van der Waals surface area contributed by atoms with Crippen LogP contribution in [0, 0.1) is 13.8 Å². The van der Waals surface area contributed by atoms with Crippen molar-refractivity contribution < 1.29 is 13.2 Å². The van der Waals surface area contributed by atoms with Gasteiger partial charge in [0.1, 0.15) is 0 Å². The van der Waals surface area contributed by atoms with Crippen molar-refractivity contribution in [1.29, 1.82) is 0 Å². The van der Waals surface area contributed by atoms with E-state index in [4.69, 9.17) is 0 Å². The molecule has 1 heterocycles. The molecule has 1 aliphatic heterocycles. The molecule has 1 amide bonds. The molecule has 5 nitrogen and oxygen atoms in total. The molecule has 1 aliphatic rings. The highest BCUT2D eigenvalue weighted by atomic mass is 32.2. The molecule has 3 aromatic rings. The largest absolute Gasteiger partial charge is 0.322 e. The molecule has 0 saturated heterocycles. The predicted octanol–water partition coefficient (Wildman–Crippen LogP) is 4.70. The van der Waals surface area contributed by atoms with Gasteiger partial charge in [-0.05, 0) is 85.8 Å². The molecule has 1 N–H and O–H groups in total. The Balaban J connectivity index is 1.55. The summed E-state index contributed by atoms with van der Waals surface area (Å²) in [6, 6.07) is 19.5. The number of amides is 1. The minimum Gasteiger partial charge on any atom is -0.322 e. The molecule has 0 unspecified atom stereocenters. The van der Waals surface area contributed by atoms with Crippen LogP contribution in [0.25, 0.3) is 0 Å². The van der Waals surface area contributed by atoms with E-state index < -0.39 is 10.0 Å². The van der Waals surface area contributed by atoms with Gasteiger partial charge >= 0.3 is 0 Å². The molecule has 0 spiro atoms. The van der Waals surface area contributed by atoms with Gasteiger partial charge in [0.15, 0.2) is 0 Å². The summed E-state index contributed by atoms with van der Waals surface area (Å²) in [7, 11) is -3.66.